The van der Waals surface area contributed by atoms with Crippen LogP contribution in [0.25, 0.3) is 0 Å². The Morgan fingerprint density at radius 1 is 1.36 bits per heavy atom. The first-order chi connectivity index (χ1) is 6.45. The summed E-state index contributed by atoms with van der Waals surface area (Å²) < 4.78 is 49.1. The molecule has 0 spiro atoms. The molecule has 8 heteroatoms. The van der Waals surface area contributed by atoms with Crippen molar-refractivity contribution in [1.29, 1.82) is 0 Å². The lowest BCUT2D eigenvalue weighted by molar-refractivity contribution is -0.388. The summed E-state index contributed by atoms with van der Waals surface area (Å²) >= 11 is 0. The number of hydrogen-bond acceptors (Lipinski definition) is 3. The molecule has 1 heterocycles. The summed E-state index contributed by atoms with van der Waals surface area (Å²) in [5.41, 5.74) is -2.71. The highest BCUT2D eigenvalue weighted by molar-refractivity contribution is 5.31. The highest BCUT2D eigenvalue weighted by Crippen LogP contribution is 2.26. The Labute approximate surface area is 74.3 Å². The lowest BCUT2D eigenvalue weighted by atomic mass is 10.3. The van der Waals surface area contributed by atoms with Gasteiger partial charge < -0.3 is 0 Å². The van der Waals surface area contributed by atoms with Crippen LogP contribution in [0.2, 0.25) is 0 Å². The quantitative estimate of drug-likeness (QED) is 0.427. The minimum absolute atomic E-state index is 0.250. The Kier molecular flexibility index (Phi) is 2.63. The van der Waals surface area contributed by atoms with Crippen LogP contribution in [0.5, 0.6) is 0 Å². The molecule has 1 aromatic rings. The zero-order chi connectivity index (χ0) is 10.9. The largest absolute Gasteiger partial charge is 0.326 e. The predicted octanol–water partition coefficient (Wildman–Crippen LogP) is 2.21. The van der Waals surface area contributed by atoms with Crippen LogP contribution in [0.1, 0.15) is 12.1 Å². The summed E-state index contributed by atoms with van der Waals surface area (Å²) in [6.07, 6.45) is -3.06. The van der Waals surface area contributed by atoms with E-state index in [4.69, 9.17) is 0 Å². The van der Waals surface area contributed by atoms with Gasteiger partial charge in [0.05, 0.1) is 4.92 Å². The fourth-order valence-corrected chi connectivity index (χ4v) is 0.748. The number of halogens is 4. The van der Waals surface area contributed by atoms with Crippen LogP contribution in [0, 0.1) is 21.7 Å². The van der Waals surface area contributed by atoms with E-state index in [9.17, 15) is 27.7 Å². The molecule has 1 aromatic heterocycles. The van der Waals surface area contributed by atoms with E-state index in [0.717, 1.165) is 0 Å². The maximum atomic E-state index is 12.7. The summed E-state index contributed by atoms with van der Waals surface area (Å²) in [7, 11) is 0. The second-order valence-electron chi connectivity index (χ2n) is 2.21. The summed E-state index contributed by atoms with van der Waals surface area (Å²) in [4.78, 5) is 11.5. The van der Waals surface area contributed by atoms with Crippen LogP contribution in [-0.2, 0) is 0 Å². The standard InChI is InChI=1S/C6H2F4N2O2/c7-3-2(12(13)14)1-11-5(4(3)8)6(9)10/h1,6H. The van der Waals surface area contributed by atoms with Crippen molar-refractivity contribution in [2.45, 2.75) is 6.43 Å². The SMILES string of the molecule is O=[N+]([O-])c1cnc(C(F)F)c(F)c1F. The number of alkyl halides is 2. The molecular weight excluding hydrogens is 208 g/mol. The number of pyridine rings is 1. The fourth-order valence-electron chi connectivity index (χ4n) is 0.748. The van der Waals surface area contributed by atoms with Gasteiger partial charge in [0.25, 0.3) is 6.43 Å². The van der Waals surface area contributed by atoms with Crippen LogP contribution in [0.15, 0.2) is 6.20 Å². The average molecular weight is 210 g/mol. The zero-order valence-corrected chi connectivity index (χ0v) is 6.38. The van der Waals surface area contributed by atoms with Crippen LogP contribution in [-0.4, -0.2) is 9.91 Å². The molecule has 0 fully saturated rings. The van der Waals surface area contributed by atoms with Gasteiger partial charge in [-0.2, -0.15) is 4.39 Å². The minimum atomic E-state index is -3.31. The Bertz CT molecular complexity index is 382. The third-order valence-corrected chi connectivity index (χ3v) is 1.37. The van der Waals surface area contributed by atoms with Crippen molar-refractivity contribution in [2.75, 3.05) is 0 Å². The maximum absolute atomic E-state index is 12.7. The van der Waals surface area contributed by atoms with Crippen molar-refractivity contribution in [3.05, 3.63) is 33.6 Å². The van der Waals surface area contributed by atoms with E-state index in [1.165, 1.54) is 0 Å². The van der Waals surface area contributed by atoms with Gasteiger partial charge in [-0.15, -0.1) is 0 Å². The van der Waals surface area contributed by atoms with Gasteiger partial charge in [0.1, 0.15) is 11.9 Å². The minimum Gasteiger partial charge on any atom is -0.258 e. The van der Waals surface area contributed by atoms with E-state index >= 15 is 0 Å². The summed E-state index contributed by atoms with van der Waals surface area (Å²) in [5.74, 6) is -3.92. The highest BCUT2D eigenvalue weighted by atomic mass is 19.3. The van der Waals surface area contributed by atoms with Crippen LogP contribution >= 0.6 is 0 Å². The van der Waals surface area contributed by atoms with Crippen molar-refractivity contribution < 1.29 is 22.5 Å². The molecule has 0 atom stereocenters. The van der Waals surface area contributed by atoms with E-state index in [0.29, 0.717) is 0 Å². The first kappa shape index (κ1) is 10.4. The molecular formula is C6H2F4N2O2. The van der Waals surface area contributed by atoms with Gasteiger partial charge in [-0.1, -0.05) is 0 Å². The monoisotopic (exact) mass is 210 g/mol. The normalized spacial score (nSPS) is 10.6. The molecule has 0 saturated heterocycles. The molecule has 0 unspecified atom stereocenters. The van der Waals surface area contributed by atoms with Gasteiger partial charge in [-0.05, 0) is 0 Å². The molecule has 0 N–H and O–H groups in total. The van der Waals surface area contributed by atoms with Gasteiger partial charge in [-0.25, -0.2) is 18.2 Å². The smallest absolute Gasteiger partial charge is 0.258 e. The molecule has 0 radical (unpaired) electrons. The molecule has 0 aliphatic carbocycles. The second kappa shape index (κ2) is 3.56. The van der Waals surface area contributed by atoms with Gasteiger partial charge in [-0.3, -0.25) is 10.1 Å². The number of nitro groups is 1. The molecule has 1 rings (SSSR count). The van der Waals surface area contributed by atoms with Crippen molar-refractivity contribution in [3.8, 4) is 0 Å². The van der Waals surface area contributed by atoms with E-state index in [-0.39, 0.29) is 6.20 Å². The topological polar surface area (TPSA) is 56.0 Å². The Hall–Kier alpha value is -1.73. The van der Waals surface area contributed by atoms with Crippen LogP contribution in [0.4, 0.5) is 23.2 Å². The van der Waals surface area contributed by atoms with Gasteiger partial charge >= 0.3 is 5.69 Å². The summed E-state index contributed by atoms with van der Waals surface area (Å²) in [5, 5.41) is 10.0. The molecule has 0 saturated carbocycles. The number of nitrogens with zero attached hydrogens (tertiary/aromatic N) is 2. The van der Waals surface area contributed by atoms with E-state index in [1.807, 2.05) is 0 Å². The molecule has 76 valence electrons. The molecule has 0 aliphatic heterocycles. The van der Waals surface area contributed by atoms with Crippen molar-refractivity contribution >= 4 is 5.69 Å². The molecule has 0 aliphatic rings. The number of rotatable bonds is 2. The second-order valence-corrected chi connectivity index (χ2v) is 2.21. The van der Waals surface area contributed by atoms with Crippen LogP contribution in [0.3, 0.4) is 0 Å². The van der Waals surface area contributed by atoms with E-state index in [1.54, 1.807) is 0 Å². The molecule has 4 nitrogen and oxygen atoms in total. The third-order valence-electron chi connectivity index (χ3n) is 1.37. The predicted molar refractivity (Wildman–Crippen MR) is 35.8 cm³/mol. The van der Waals surface area contributed by atoms with Crippen LogP contribution < -0.4 is 0 Å². The Balaban J connectivity index is 3.33. The van der Waals surface area contributed by atoms with Gasteiger partial charge in [0.2, 0.25) is 5.82 Å². The van der Waals surface area contributed by atoms with Crippen molar-refractivity contribution in [1.82, 2.24) is 4.98 Å². The third kappa shape index (κ3) is 1.63. The maximum Gasteiger partial charge on any atom is 0.326 e. The lowest BCUT2D eigenvalue weighted by Crippen LogP contribution is -2.03. The number of aromatic nitrogens is 1. The molecule has 14 heavy (non-hydrogen) atoms. The summed E-state index contributed by atoms with van der Waals surface area (Å²) in [6, 6.07) is 0. The van der Waals surface area contributed by atoms with E-state index in [2.05, 4.69) is 4.98 Å². The summed E-state index contributed by atoms with van der Waals surface area (Å²) in [6.45, 7) is 0. The van der Waals surface area contributed by atoms with Crippen molar-refractivity contribution in [3.63, 3.8) is 0 Å². The lowest BCUT2D eigenvalue weighted by Gasteiger charge is -2.01. The molecule has 0 amide bonds. The van der Waals surface area contributed by atoms with E-state index < -0.39 is 34.4 Å². The Morgan fingerprint density at radius 3 is 2.36 bits per heavy atom. The van der Waals surface area contributed by atoms with Gasteiger partial charge in [0.15, 0.2) is 5.82 Å². The van der Waals surface area contributed by atoms with Crippen molar-refractivity contribution in [2.24, 2.45) is 0 Å². The zero-order valence-electron chi connectivity index (χ0n) is 6.38. The van der Waals surface area contributed by atoms with Gasteiger partial charge in [0, 0.05) is 0 Å². The first-order valence-corrected chi connectivity index (χ1v) is 3.21. The molecule has 0 aromatic carbocycles. The molecule has 0 bridgehead atoms. The Morgan fingerprint density at radius 2 is 1.93 bits per heavy atom. The average Bonchev–Trinajstić information content (AvgIpc) is 2.08. The highest BCUT2D eigenvalue weighted by Gasteiger charge is 2.26. The number of hydrogen-bond donors (Lipinski definition) is 0. The first-order valence-electron chi connectivity index (χ1n) is 3.21. The fraction of sp³-hybridized carbons (Fsp3) is 0.167.